The van der Waals surface area contributed by atoms with Crippen LogP contribution < -0.4 is 5.56 Å². The summed E-state index contributed by atoms with van der Waals surface area (Å²) >= 11 is 0. The summed E-state index contributed by atoms with van der Waals surface area (Å²) in [5.41, 5.74) is 0.800. The third-order valence-corrected chi connectivity index (χ3v) is 2.67. The van der Waals surface area contributed by atoms with Gasteiger partial charge in [0.1, 0.15) is 5.82 Å². The van der Waals surface area contributed by atoms with E-state index in [0.29, 0.717) is 12.5 Å². The predicted octanol–water partition coefficient (Wildman–Crippen LogP) is 1.86. The van der Waals surface area contributed by atoms with Crippen molar-refractivity contribution in [3.8, 4) is 0 Å². The van der Waals surface area contributed by atoms with Gasteiger partial charge in [-0.05, 0) is 19.3 Å². The Bertz CT molecular complexity index is 374. The van der Waals surface area contributed by atoms with Crippen LogP contribution in [-0.2, 0) is 11.2 Å². The molecule has 16 heavy (non-hydrogen) atoms. The van der Waals surface area contributed by atoms with E-state index in [1.807, 2.05) is 0 Å². The van der Waals surface area contributed by atoms with Gasteiger partial charge in [0.15, 0.2) is 0 Å². The van der Waals surface area contributed by atoms with E-state index in [0.717, 1.165) is 30.8 Å². The highest BCUT2D eigenvalue weighted by atomic mass is 16.5. The Labute approximate surface area is 96.1 Å². The lowest BCUT2D eigenvalue weighted by molar-refractivity contribution is 0.195. The summed E-state index contributed by atoms with van der Waals surface area (Å²) in [7, 11) is 1.68. The molecule has 0 spiro atoms. The number of hydrogen-bond acceptors (Lipinski definition) is 3. The Balaban J connectivity index is 2.77. The van der Waals surface area contributed by atoms with Crippen LogP contribution in [0.4, 0.5) is 0 Å². The van der Waals surface area contributed by atoms with Crippen molar-refractivity contribution in [2.24, 2.45) is 0 Å². The van der Waals surface area contributed by atoms with Gasteiger partial charge in [0.2, 0.25) is 0 Å². The van der Waals surface area contributed by atoms with E-state index in [2.05, 4.69) is 23.8 Å². The molecule has 0 radical (unpaired) electrons. The minimum Gasteiger partial charge on any atom is -0.385 e. The minimum absolute atomic E-state index is 0.0577. The maximum absolute atomic E-state index is 11.4. The van der Waals surface area contributed by atoms with Gasteiger partial charge in [-0.3, -0.25) is 4.79 Å². The van der Waals surface area contributed by atoms with Crippen molar-refractivity contribution in [1.82, 2.24) is 9.97 Å². The van der Waals surface area contributed by atoms with Crippen LogP contribution in [0.25, 0.3) is 0 Å². The standard InChI is InChI=1S/C12H20N2O2/c1-4-9(2)12-13-10(6-5-7-16-3)8-11(15)14-12/h8-9H,4-7H2,1-3H3,(H,13,14,15)/t9-/m1/s1. The second-order valence-corrected chi connectivity index (χ2v) is 4.03. The third kappa shape index (κ3) is 3.77. The van der Waals surface area contributed by atoms with E-state index in [4.69, 9.17) is 4.74 Å². The van der Waals surface area contributed by atoms with Crippen molar-refractivity contribution < 1.29 is 4.74 Å². The highest BCUT2D eigenvalue weighted by Gasteiger charge is 2.07. The monoisotopic (exact) mass is 224 g/mol. The fourth-order valence-electron chi connectivity index (χ4n) is 1.48. The lowest BCUT2D eigenvalue weighted by Gasteiger charge is -2.09. The molecule has 1 aromatic rings. The third-order valence-electron chi connectivity index (χ3n) is 2.67. The molecule has 1 rings (SSSR count). The van der Waals surface area contributed by atoms with E-state index >= 15 is 0 Å². The largest absolute Gasteiger partial charge is 0.385 e. The average Bonchev–Trinajstić information content (AvgIpc) is 2.27. The van der Waals surface area contributed by atoms with Crippen LogP contribution in [0.3, 0.4) is 0 Å². The molecular formula is C12H20N2O2. The van der Waals surface area contributed by atoms with Crippen molar-refractivity contribution in [3.63, 3.8) is 0 Å². The molecule has 0 aliphatic rings. The number of methoxy groups -OCH3 is 1. The van der Waals surface area contributed by atoms with E-state index < -0.39 is 0 Å². The maximum atomic E-state index is 11.4. The van der Waals surface area contributed by atoms with Gasteiger partial charge in [-0.15, -0.1) is 0 Å². The van der Waals surface area contributed by atoms with E-state index in [1.54, 1.807) is 13.2 Å². The van der Waals surface area contributed by atoms with Gasteiger partial charge >= 0.3 is 0 Å². The zero-order chi connectivity index (χ0) is 12.0. The molecule has 0 aromatic carbocycles. The topological polar surface area (TPSA) is 55.0 Å². The van der Waals surface area contributed by atoms with E-state index in [1.165, 1.54) is 0 Å². The van der Waals surface area contributed by atoms with Gasteiger partial charge in [0, 0.05) is 31.4 Å². The molecule has 0 amide bonds. The van der Waals surface area contributed by atoms with Crippen LogP contribution in [0.1, 0.15) is 44.1 Å². The Morgan fingerprint density at radius 2 is 2.31 bits per heavy atom. The molecule has 0 aliphatic heterocycles. The second-order valence-electron chi connectivity index (χ2n) is 4.03. The highest BCUT2D eigenvalue weighted by molar-refractivity contribution is 5.05. The fraction of sp³-hybridized carbons (Fsp3) is 0.667. The van der Waals surface area contributed by atoms with Gasteiger partial charge < -0.3 is 9.72 Å². The van der Waals surface area contributed by atoms with Crippen molar-refractivity contribution in [3.05, 3.63) is 27.9 Å². The molecule has 1 N–H and O–H groups in total. The van der Waals surface area contributed by atoms with Crippen LogP contribution in [0.2, 0.25) is 0 Å². The highest BCUT2D eigenvalue weighted by Crippen LogP contribution is 2.12. The summed E-state index contributed by atoms with van der Waals surface area (Å²) in [6, 6.07) is 1.57. The molecule has 0 bridgehead atoms. The minimum atomic E-state index is -0.0577. The molecule has 0 saturated heterocycles. The van der Waals surface area contributed by atoms with Gasteiger partial charge in [-0.25, -0.2) is 4.98 Å². The Kier molecular flexibility index (Phi) is 5.19. The van der Waals surface area contributed by atoms with Crippen LogP contribution in [0.15, 0.2) is 10.9 Å². The Hall–Kier alpha value is -1.16. The summed E-state index contributed by atoms with van der Waals surface area (Å²) in [5, 5.41) is 0. The summed E-state index contributed by atoms with van der Waals surface area (Å²) in [6.45, 7) is 4.85. The summed E-state index contributed by atoms with van der Waals surface area (Å²) in [5.74, 6) is 1.09. The van der Waals surface area contributed by atoms with Crippen LogP contribution in [0, 0.1) is 0 Å². The van der Waals surface area contributed by atoms with Crippen molar-refractivity contribution in [1.29, 1.82) is 0 Å². The number of H-pyrrole nitrogens is 1. The average molecular weight is 224 g/mol. The Morgan fingerprint density at radius 3 is 2.94 bits per heavy atom. The second kappa shape index (κ2) is 6.43. The zero-order valence-electron chi connectivity index (χ0n) is 10.2. The molecule has 1 atom stereocenters. The first-order valence-corrected chi connectivity index (χ1v) is 5.76. The van der Waals surface area contributed by atoms with Crippen molar-refractivity contribution >= 4 is 0 Å². The number of nitrogens with one attached hydrogen (secondary N) is 1. The number of rotatable bonds is 6. The number of aromatic amines is 1. The predicted molar refractivity (Wildman–Crippen MR) is 63.8 cm³/mol. The van der Waals surface area contributed by atoms with Crippen molar-refractivity contribution in [2.45, 2.75) is 39.0 Å². The fourth-order valence-corrected chi connectivity index (χ4v) is 1.48. The van der Waals surface area contributed by atoms with E-state index in [-0.39, 0.29) is 5.56 Å². The van der Waals surface area contributed by atoms with Gasteiger partial charge in [0.25, 0.3) is 5.56 Å². The quantitative estimate of drug-likeness (QED) is 0.750. The van der Waals surface area contributed by atoms with Gasteiger partial charge in [-0.1, -0.05) is 13.8 Å². The summed E-state index contributed by atoms with van der Waals surface area (Å²) in [6.07, 6.45) is 2.67. The molecule has 1 heterocycles. The Morgan fingerprint density at radius 1 is 1.56 bits per heavy atom. The van der Waals surface area contributed by atoms with Crippen LogP contribution in [-0.4, -0.2) is 23.7 Å². The van der Waals surface area contributed by atoms with Crippen molar-refractivity contribution in [2.75, 3.05) is 13.7 Å². The number of aromatic nitrogens is 2. The van der Waals surface area contributed by atoms with Gasteiger partial charge in [0.05, 0.1) is 0 Å². The first-order chi connectivity index (χ1) is 7.67. The summed E-state index contributed by atoms with van der Waals surface area (Å²) < 4.78 is 4.98. The zero-order valence-corrected chi connectivity index (χ0v) is 10.2. The lowest BCUT2D eigenvalue weighted by Crippen LogP contribution is -2.14. The summed E-state index contributed by atoms with van der Waals surface area (Å²) in [4.78, 5) is 18.7. The molecular weight excluding hydrogens is 204 g/mol. The number of aryl methyl sites for hydroxylation is 1. The first-order valence-electron chi connectivity index (χ1n) is 5.76. The molecule has 0 aliphatic carbocycles. The molecule has 0 saturated carbocycles. The number of nitrogens with zero attached hydrogens (tertiary/aromatic N) is 1. The molecule has 0 unspecified atom stereocenters. The lowest BCUT2D eigenvalue weighted by atomic mass is 10.1. The first kappa shape index (κ1) is 12.9. The molecule has 0 fully saturated rings. The molecule has 90 valence electrons. The SMILES string of the molecule is CC[C@@H](C)c1nc(CCCOC)cc(=O)[nH]1. The number of ether oxygens (including phenoxy) is 1. The van der Waals surface area contributed by atoms with E-state index in [9.17, 15) is 4.79 Å². The molecule has 4 nitrogen and oxygen atoms in total. The smallest absolute Gasteiger partial charge is 0.251 e. The van der Waals surface area contributed by atoms with Crippen LogP contribution in [0.5, 0.6) is 0 Å². The molecule has 1 aromatic heterocycles. The maximum Gasteiger partial charge on any atom is 0.251 e. The van der Waals surface area contributed by atoms with Crippen LogP contribution >= 0.6 is 0 Å². The number of hydrogen-bond donors (Lipinski definition) is 1. The van der Waals surface area contributed by atoms with Gasteiger partial charge in [-0.2, -0.15) is 0 Å². The molecule has 4 heteroatoms. The normalized spacial score (nSPS) is 12.7.